The number of benzene rings is 2. The predicted molar refractivity (Wildman–Crippen MR) is 136 cm³/mol. The van der Waals surface area contributed by atoms with Crippen LogP contribution in [0, 0.1) is 0 Å². The van der Waals surface area contributed by atoms with E-state index in [1.165, 1.54) is 12.1 Å². The fourth-order valence-electron chi connectivity index (χ4n) is 4.42. The van der Waals surface area contributed by atoms with Gasteiger partial charge in [-0.2, -0.15) is 13.2 Å². The van der Waals surface area contributed by atoms with Crippen LogP contribution in [0.2, 0.25) is 19.6 Å². The van der Waals surface area contributed by atoms with E-state index in [1.807, 2.05) is 24.3 Å². The van der Waals surface area contributed by atoms with Crippen LogP contribution in [-0.2, 0) is 10.6 Å². The normalized spacial score (nSPS) is 17.5. The van der Waals surface area contributed by atoms with Crippen LogP contribution in [0.3, 0.4) is 0 Å². The van der Waals surface area contributed by atoms with Crippen molar-refractivity contribution in [3.8, 4) is 0 Å². The second-order valence-corrected chi connectivity index (χ2v) is 15.5. The van der Waals surface area contributed by atoms with E-state index in [2.05, 4.69) is 34.3 Å². The van der Waals surface area contributed by atoms with Crippen molar-refractivity contribution in [2.75, 3.05) is 57.3 Å². The van der Waals surface area contributed by atoms with Crippen molar-refractivity contribution in [3.05, 3.63) is 48.0 Å². The molecule has 2 aliphatic rings. The van der Waals surface area contributed by atoms with E-state index in [0.717, 1.165) is 67.8 Å². The number of alkyl halides is 3. The zero-order valence-electron chi connectivity index (χ0n) is 20.2. The quantitative estimate of drug-likeness (QED) is 0.395. The van der Waals surface area contributed by atoms with Gasteiger partial charge in [0.15, 0.2) is 8.32 Å². The number of fused-ring (bicyclic) bond motifs is 2. The molecule has 2 aromatic rings. The van der Waals surface area contributed by atoms with Gasteiger partial charge in [-0.05, 0) is 62.9 Å². The molecule has 2 aromatic carbocycles. The molecule has 34 heavy (non-hydrogen) atoms. The van der Waals surface area contributed by atoms with Gasteiger partial charge in [-0.15, -0.1) is 0 Å². The summed E-state index contributed by atoms with van der Waals surface area (Å²) in [7, 11) is -1.46. The maximum atomic E-state index is 13.4. The Balaban J connectivity index is 1.35. The van der Waals surface area contributed by atoms with E-state index >= 15 is 0 Å². The smallest absolute Gasteiger partial charge is 0.416 e. The van der Waals surface area contributed by atoms with Crippen molar-refractivity contribution < 1.29 is 17.6 Å². The summed E-state index contributed by atoms with van der Waals surface area (Å²) < 4.78 is 46.2. The van der Waals surface area contributed by atoms with E-state index in [-0.39, 0.29) is 0 Å². The van der Waals surface area contributed by atoms with Gasteiger partial charge in [0.25, 0.3) is 0 Å². The van der Waals surface area contributed by atoms with Crippen LogP contribution < -0.4 is 4.90 Å². The van der Waals surface area contributed by atoms with Gasteiger partial charge in [-0.1, -0.05) is 23.9 Å². The lowest BCUT2D eigenvalue weighted by Crippen LogP contribution is -2.48. The Morgan fingerprint density at radius 2 is 1.50 bits per heavy atom. The zero-order valence-corrected chi connectivity index (χ0v) is 22.0. The second kappa shape index (κ2) is 10.6. The molecule has 186 valence electrons. The molecule has 0 atom stereocenters. The number of para-hydroxylation sites is 1. The molecule has 0 saturated carbocycles. The summed E-state index contributed by atoms with van der Waals surface area (Å²) in [6, 6.07) is 12.1. The molecular formula is C25H34F3N3OSSi. The third-order valence-corrected chi connectivity index (χ3v) is 8.42. The predicted octanol–water partition coefficient (Wildman–Crippen LogP) is 6.17. The maximum Gasteiger partial charge on any atom is 0.416 e. The molecule has 0 aliphatic carbocycles. The topological polar surface area (TPSA) is 19.0 Å². The van der Waals surface area contributed by atoms with Crippen LogP contribution >= 0.6 is 11.8 Å². The van der Waals surface area contributed by atoms with Crippen LogP contribution in [0.25, 0.3) is 0 Å². The molecule has 0 bridgehead atoms. The van der Waals surface area contributed by atoms with E-state index in [9.17, 15) is 13.2 Å². The molecule has 2 aliphatic heterocycles. The molecule has 9 heteroatoms. The maximum absolute atomic E-state index is 13.4. The fourth-order valence-corrected chi connectivity index (χ4v) is 6.20. The van der Waals surface area contributed by atoms with Crippen molar-refractivity contribution in [1.82, 2.24) is 9.80 Å². The molecule has 0 N–H and O–H groups in total. The van der Waals surface area contributed by atoms with Gasteiger partial charge >= 0.3 is 6.18 Å². The molecule has 0 radical (unpaired) electrons. The number of rotatable bonds is 8. The SMILES string of the molecule is C[Si](C)(C)OCCN1CCN(CCCN2c3ccccc3Sc3ccc(C(F)(F)F)cc32)CC1. The van der Waals surface area contributed by atoms with Crippen LogP contribution in [0.5, 0.6) is 0 Å². The van der Waals surface area contributed by atoms with Gasteiger partial charge in [-0.25, -0.2) is 0 Å². The first kappa shape index (κ1) is 25.6. The lowest BCUT2D eigenvalue weighted by molar-refractivity contribution is -0.137. The average molecular weight is 510 g/mol. The minimum atomic E-state index is -4.35. The van der Waals surface area contributed by atoms with E-state index in [4.69, 9.17) is 4.43 Å². The first-order valence-electron chi connectivity index (χ1n) is 11.9. The van der Waals surface area contributed by atoms with Crippen LogP contribution in [0.4, 0.5) is 24.5 Å². The summed E-state index contributed by atoms with van der Waals surface area (Å²) in [5.41, 5.74) is 1.06. The Bertz CT molecular complexity index is 975. The average Bonchev–Trinajstić information content (AvgIpc) is 2.78. The van der Waals surface area contributed by atoms with E-state index < -0.39 is 20.1 Å². The largest absolute Gasteiger partial charge is 0.416 e. The summed E-state index contributed by atoms with van der Waals surface area (Å²) in [5.74, 6) is 0. The Hall–Kier alpha value is -1.52. The molecule has 0 spiro atoms. The Labute approximate surface area is 206 Å². The second-order valence-electron chi connectivity index (χ2n) is 9.90. The first-order valence-corrected chi connectivity index (χ1v) is 16.2. The van der Waals surface area contributed by atoms with Crippen LogP contribution in [-0.4, -0.2) is 70.5 Å². The Kier molecular flexibility index (Phi) is 7.98. The van der Waals surface area contributed by atoms with E-state index in [1.54, 1.807) is 17.8 Å². The van der Waals surface area contributed by atoms with Gasteiger partial charge in [-0.3, -0.25) is 4.90 Å². The standard InChI is InChI=1S/C25H34F3N3OSSi/c1-34(2,3)32-18-17-30-15-13-29(14-16-30)11-6-12-31-21-7-4-5-8-23(21)33-24-10-9-20(19-22(24)31)25(26,27)28/h4-5,7-10,19H,6,11-18H2,1-3H3. The highest BCUT2D eigenvalue weighted by atomic mass is 32.2. The third-order valence-electron chi connectivity index (χ3n) is 6.22. The fraction of sp³-hybridized carbons (Fsp3) is 0.520. The lowest BCUT2D eigenvalue weighted by Gasteiger charge is -2.36. The van der Waals surface area contributed by atoms with Crippen molar-refractivity contribution in [2.45, 2.75) is 42.0 Å². The molecule has 4 nitrogen and oxygen atoms in total. The highest BCUT2D eigenvalue weighted by Gasteiger charge is 2.33. The van der Waals surface area contributed by atoms with Crippen molar-refractivity contribution >= 4 is 31.5 Å². The van der Waals surface area contributed by atoms with Gasteiger partial charge in [0, 0.05) is 55.7 Å². The summed E-state index contributed by atoms with van der Waals surface area (Å²) in [6.07, 6.45) is -3.45. The number of halogens is 3. The molecule has 0 amide bonds. The van der Waals surface area contributed by atoms with Crippen molar-refractivity contribution in [1.29, 1.82) is 0 Å². The molecular weight excluding hydrogens is 475 g/mol. The first-order chi connectivity index (χ1) is 16.1. The van der Waals surface area contributed by atoms with Gasteiger partial charge < -0.3 is 14.2 Å². The number of piperazine rings is 1. The minimum Gasteiger partial charge on any atom is -0.416 e. The van der Waals surface area contributed by atoms with Crippen LogP contribution in [0.1, 0.15) is 12.0 Å². The Morgan fingerprint density at radius 1 is 0.853 bits per heavy atom. The molecule has 1 saturated heterocycles. The Morgan fingerprint density at radius 3 is 2.18 bits per heavy atom. The van der Waals surface area contributed by atoms with Crippen molar-refractivity contribution in [3.63, 3.8) is 0 Å². The minimum absolute atomic E-state index is 0.592. The third kappa shape index (κ3) is 6.57. The summed E-state index contributed by atoms with van der Waals surface area (Å²) >= 11 is 1.54. The highest BCUT2D eigenvalue weighted by Crippen LogP contribution is 2.49. The number of nitrogens with zero attached hydrogens (tertiary/aromatic N) is 3. The molecule has 1 fully saturated rings. The van der Waals surface area contributed by atoms with Crippen molar-refractivity contribution in [2.24, 2.45) is 0 Å². The summed E-state index contributed by atoms with van der Waals surface area (Å²) in [5, 5.41) is 0. The molecule has 0 unspecified atom stereocenters. The van der Waals surface area contributed by atoms with E-state index in [0.29, 0.717) is 12.2 Å². The summed E-state index contributed by atoms with van der Waals surface area (Å²) in [6.45, 7) is 14.2. The number of hydrogen-bond acceptors (Lipinski definition) is 5. The van der Waals surface area contributed by atoms with Gasteiger partial charge in [0.05, 0.1) is 16.9 Å². The molecule has 0 aromatic heterocycles. The number of hydrogen-bond donors (Lipinski definition) is 0. The zero-order chi connectivity index (χ0) is 24.3. The lowest BCUT2D eigenvalue weighted by atomic mass is 10.1. The van der Waals surface area contributed by atoms with Gasteiger partial charge in [0.2, 0.25) is 0 Å². The summed E-state index contributed by atoms with van der Waals surface area (Å²) in [4.78, 5) is 8.96. The highest BCUT2D eigenvalue weighted by molar-refractivity contribution is 7.99. The monoisotopic (exact) mass is 509 g/mol. The molecule has 4 rings (SSSR count). The van der Waals surface area contributed by atoms with Gasteiger partial charge in [0.1, 0.15) is 0 Å². The molecule has 2 heterocycles. The van der Waals surface area contributed by atoms with Crippen LogP contribution in [0.15, 0.2) is 52.3 Å². The number of anilines is 2.